The number of amides is 2. The molecule has 0 aliphatic carbocycles. The number of likely N-dealkylation sites (tertiary alicyclic amines) is 2. The van der Waals surface area contributed by atoms with Crippen molar-refractivity contribution >= 4 is 29.1 Å². The molecule has 27 heavy (non-hydrogen) atoms. The van der Waals surface area contributed by atoms with E-state index in [0.29, 0.717) is 18.3 Å². The lowest BCUT2D eigenvalue weighted by molar-refractivity contribution is -0.124. The minimum atomic E-state index is -0.512. The Morgan fingerprint density at radius 2 is 1.74 bits per heavy atom. The number of fused-ring (bicyclic) bond motifs is 2. The molecule has 2 aliphatic heterocycles. The fourth-order valence-electron chi connectivity index (χ4n) is 3.82. The smallest absolute Gasteiger partial charge is 0.238 e. The maximum absolute atomic E-state index is 13.2. The molecule has 1 aromatic carbocycles. The van der Waals surface area contributed by atoms with E-state index >= 15 is 0 Å². The topological polar surface area (TPSA) is 64.7 Å². The highest BCUT2D eigenvalue weighted by atomic mass is 35.5. The van der Waals surface area contributed by atoms with Crippen molar-refractivity contribution in [1.29, 1.82) is 0 Å². The van der Waals surface area contributed by atoms with Gasteiger partial charge in [-0.2, -0.15) is 0 Å². The number of hydrogen-bond donors (Lipinski definition) is 2. The van der Waals surface area contributed by atoms with Gasteiger partial charge in [0.05, 0.1) is 18.1 Å². The zero-order valence-electron chi connectivity index (χ0n) is 15.9. The van der Waals surface area contributed by atoms with Crippen molar-refractivity contribution in [3.63, 3.8) is 0 Å². The van der Waals surface area contributed by atoms with Crippen molar-refractivity contribution in [2.45, 2.75) is 44.8 Å². The van der Waals surface area contributed by atoms with Gasteiger partial charge in [0.15, 0.2) is 0 Å². The molecule has 3 rings (SSSR count). The van der Waals surface area contributed by atoms with Crippen molar-refractivity contribution in [3.05, 3.63) is 29.0 Å². The van der Waals surface area contributed by atoms with Gasteiger partial charge in [-0.25, -0.2) is 4.39 Å². The van der Waals surface area contributed by atoms with Crippen molar-refractivity contribution in [1.82, 2.24) is 15.1 Å². The van der Waals surface area contributed by atoms with Crippen LogP contribution in [0.3, 0.4) is 0 Å². The maximum Gasteiger partial charge on any atom is 0.238 e. The number of piperazine rings is 1. The first-order valence-corrected chi connectivity index (χ1v) is 9.52. The SMILES string of the molecule is CC(C)(C)NC(=O)CN1C[C@H]2C[C@@H]1CN2CC(=O)Nc1ccc(F)c(Cl)c1. The Morgan fingerprint density at radius 1 is 1.15 bits per heavy atom. The van der Waals surface area contributed by atoms with E-state index in [1.54, 1.807) is 0 Å². The molecule has 6 nitrogen and oxygen atoms in total. The summed E-state index contributed by atoms with van der Waals surface area (Å²) < 4.78 is 13.2. The summed E-state index contributed by atoms with van der Waals surface area (Å²) in [4.78, 5) is 28.8. The molecule has 2 bridgehead atoms. The van der Waals surface area contributed by atoms with Crippen molar-refractivity contribution in [2.24, 2.45) is 0 Å². The van der Waals surface area contributed by atoms with E-state index in [9.17, 15) is 14.0 Å². The summed E-state index contributed by atoms with van der Waals surface area (Å²) in [5, 5.41) is 5.73. The van der Waals surface area contributed by atoms with E-state index < -0.39 is 5.82 Å². The monoisotopic (exact) mass is 396 g/mol. The third-order valence-electron chi connectivity index (χ3n) is 4.88. The average Bonchev–Trinajstić information content (AvgIpc) is 3.08. The van der Waals surface area contributed by atoms with E-state index in [1.807, 2.05) is 20.8 Å². The van der Waals surface area contributed by atoms with Crippen LogP contribution in [0.5, 0.6) is 0 Å². The van der Waals surface area contributed by atoms with Crippen molar-refractivity contribution in [3.8, 4) is 0 Å². The van der Waals surface area contributed by atoms with E-state index in [-0.39, 0.29) is 35.0 Å². The first kappa shape index (κ1) is 20.0. The van der Waals surface area contributed by atoms with Crippen LogP contribution in [0, 0.1) is 5.82 Å². The van der Waals surface area contributed by atoms with Gasteiger partial charge in [0.2, 0.25) is 11.8 Å². The molecule has 0 aromatic heterocycles. The molecule has 1 aromatic rings. The molecule has 0 saturated carbocycles. The number of nitrogens with one attached hydrogen (secondary N) is 2. The largest absolute Gasteiger partial charge is 0.350 e. The molecule has 2 fully saturated rings. The Kier molecular flexibility index (Phi) is 5.74. The molecular formula is C19H26ClFN4O2. The molecule has 0 spiro atoms. The lowest BCUT2D eigenvalue weighted by Gasteiger charge is -2.34. The Bertz CT molecular complexity index is 737. The summed E-state index contributed by atoms with van der Waals surface area (Å²) in [5.74, 6) is -0.628. The highest BCUT2D eigenvalue weighted by molar-refractivity contribution is 6.31. The summed E-state index contributed by atoms with van der Waals surface area (Å²) in [6, 6.07) is 4.70. The van der Waals surface area contributed by atoms with Crippen LogP contribution in [0.15, 0.2) is 18.2 Å². The van der Waals surface area contributed by atoms with Gasteiger partial charge in [-0.3, -0.25) is 19.4 Å². The summed E-state index contributed by atoms with van der Waals surface area (Å²) >= 11 is 5.74. The number of carbonyl (C=O) groups is 2. The summed E-state index contributed by atoms with van der Waals surface area (Å²) in [6.07, 6.45) is 0.971. The molecule has 2 heterocycles. The Morgan fingerprint density at radius 3 is 2.26 bits per heavy atom. The third-order valence-corrected chi connectivity index (χ3v) is 5.17. The van der Waals surface area contributed by atoms with Crippen LogP contribution >= 0.6 is 11.6 Å². The van der Waals surface area contributed by atoms with Crippen LogP contribution in [0.4, 0.5) is 10.1 Å². The molecule has 2 atom stereocenters. The van der Waals surface area contributed by atoms with Gasteiger partial charge in [0.1, 0.15) is 5.82 Å². The highest BCUT2D eigenvalue weighted by Crippen LogP contribution is 2.30. The number of nitrogens with zero attached hydrogens (tertiary/aromatic N) is 2. The highest BCUT2D eigenvalue weighted by Gasteiger charge is 2.44. The Labute approximate surface area is 164 Å². The Balaban J connectivity index is 1.47. The van der Waals surface area contributed by atoms with Crippen LogP contribution < -0.4 is 10.6 Å². The maximum atomic E-state index is 13.2. The van der Waals surface area contributed by atoms with Gasteiger partial charge in [0.25, 0.3) is 0 Å². The van der Waals surface area contributed by atoms with Crippen LogP contribution in [0.25, 0.3) is 0 Å². The van der Waals surface area contributed by atoms with E-state index in [2.05, 4.69) is 20.4 Å². The normalized spacial score (nSPS) is 22.9. The number of hydrogen-bond acceptors (Lipinski definition) is 4. The quantitative estimate of drug-likeness (QED) is 0.800. The van der Waals surface area contributed by atoms with Gasteiger partial charge in [-0.15, -0.1) is 0 Å². The molecular weight excluding hydrogens is 371 g/mol. The Hall–Kier alpha value is -1.70. The van der Waals surface area contributed by atoms with Gasteiger partial charge in [0, 0.05) is 36.4 Å². The van der Waals surface area contributed by atoms with Crippen LogP contribution in [-0.2, 0) is 9.59 Å². The van der Waals surface area contributed by atoms with E-state index in [4.69, 9.17) is 11.6 Å². The lowest BCUT2D eigenvalue weighted by Crippen LogP contribution is -2.52. The minimum Gasteiger partial charge on any atom is -0.350 e. The molecule has 0 radical (unpaired) electrons. The second-order valence-electron chi connectivity index (χ2n) is 8.38. The van der Waals surface area contributed by atoms with Crippen LogP contribution in [-0.4, -0.2) is 65.4 Å². The molecule has 2 N–H and O–H groups in total. The number of anilines is 1. The fourth-order valence-corrected chi connectivity index (χ4v) is 4.00. The second kappa shape index (κ2) is 7.73. The first-order chi connectivity index (χ1) is 12.6. The number of halogens is 2. The van der Waals surface area contributed by atoms with Crippen molar-refractivity contribution < 1.29 is 14.0 Å². The third kappa shape index (κ3) is 5.18. The van der Waals surface area contributed by atoms with Crippen LogP contribution in [0.2, 0.25) is 5.02 Å². The summed E-state index contributed by atoms with van der Waals surface area (Å²) in [7, 11) is 0. The summed E-state index contributed by atoms with van der Waals surface area (Å²) in [5.41, 5.74) is 0.250. The van der Waals surface area contributed by atoms with Crippen LogP contribution in [0.1, 0.15) is 27.2 Å². The number of benzene rings is 1. The zero-order chi connectivity index (χ0) is 19.8. The molecule has 2 aliphatic rings. The zero-order valence-corrected chi connectivity index (χ0v) is 16.6. The predicted octanol–water partition coefficient (Wildman–Crippen LogP) is 2.09. The second-order valence-corrected chi connectivity index (χ2v) is 8.78. The first-order valence-electron chi connectivity index (χ1n) is 9.15. The number of rotatable bonds is 5. The molecule has 148 valence electrons. The standard InChI is InChI=1S/C19H26ClFN4O2/c1-19(2,3)23-18(27)11-25-9-13-7-14(25)8-24(13)10-17(26)22-12-4-5-16(21)15(20)6-12/h4-6,13-14H,7-11H2,1-3H3,(H,22,26)(H,23,27)/t13-,14-/m1/s1. The van der Waals surface area contributed by atoms with E-state index in [0.717, 1.165) is 19.5 Å². The molecule has 0 unspecified atom stereocenters. The van der Waals surface area contributed by atoms with Gasteiger partial charge >= 0.3 is 0 Å². The van der Waals surface area contributed by atoms with Gasteiger partial charge in [-0.1, -0.05) is 11.6 Å². The fraction of sp³-hybridized carbons (Fsp3) is 0.579. The molecule has 2 saturated heterocycles. The van der Waals surface area contributed by atoms with Crippen molar-refractivity contribution in [2.75, 3.05) is 31.5 Å². The van der Waals surface area contributed by atoms with Gasteiger partial charge in [-0.05, 0) is 45.4 Å². The number of carbonyl (C=O) groups excluding carboxylic acids is 2. The van der Waals surface area contributed by atoms with E-state index in [1.165, 1.54) is 18.2 Å². The lowest BCUT2D eigenvalue weighted by atomic mass is 10.1. The van der Waals surface area contributed by atoms with Gasteiger partial charge < -0.3 is 10.6 Å². The summed E-state index contributed by atoms with van der Waals surface area (Å²) in [6.45, 7) is 8.13. The average molecular weight is 397 g/mol. The molecule has 8 heteroatoms. The molecule has 2 amide bonds. The predicted molar refractivity (Wildman–Crippen MR) is 103 cm³/mol. The minimum absolute atomic E-state index is 0.0165.